The quantitative estimate of drug-likeness (QED) is 0.212. The second-order valence-electron chi connectivity index (χ2n) is 9.70. The van der Waals surface area contributed by atoms with E-state index in [4.69, 9.17) is 0 Å². The van der Waals surface area contributed by atoms with E-state index < -0.39 is 0 Å². The van der Waals surface area contributed by atoms with Gasteiger partial charge < -0.3 is 0 Å². The normalized spacial score (nSPS) is 10.9. The van der Waals surface area contributed by atoms with Crippen molar-refractivity contribution in [1.29, 1.82) is 0 Å². The summed E-state index contributed by atoms with van der Waals surface area (Å²) in [6.07, 6.45) is 22.3. The number of rotatable bonds is 6. The maximum absolute atomic E-state index is 4.55. The number of benzene rings is 1. The van der Waals surface area contributed by atoms with Gasteiger partial charge in [-0.25, -0.2) is 0 Å². The summed E-state index contributed by atoms with van der Waals surface area (Å²) in [4.78, 5) is 27.3. The summed E-state index contributed by atoms with van der Waals surface area (Å²) >= 11 is 0. The number of pyridine rings is 6. The number of hydrogen-bond acceptors (Lipinski definition) is 6. The van der Waals surface area contributed by atoms with Crippen LogP contribution in [-0.2, 0) is 0 Å². The number of hydrogen-bond donors (Lipinski definition) is 0. The molecule has 7 aromatic rings. The summed E-state index contributed by atoms with van der Waals surface area (Å²) in [6.45, 7) is 0. The van der Waals surface area contributed by atoms with E-state index >= 15 is 0 Å². The maximum atomic E-state index is 4.55. The van der Waals surface area contributed by atoms with Gasteiger partial charge >= 0.3 is 0 Å². The van der Waals surface area contributed by atoms with Crippen molar-refractivity contribution in [2.24, 2.45) is 0 Å². The van der Waals surface area contributed by atoms with Crippen molar-refractivity contribution in [1.82, 2.24) is 29.9 Å². The van der Waals surface area contributed by atoms with Crippen LogP contribution >= 0.6 is 0 Å². The lowest BCUT2D eigenvalue weighted by atomic mass is 9.75. The average Bonchev–Trinajstić information content (AvgIpc) is 3.09. The fourth-order valence-electron chi connectivity index (χ4n) is 5.55. The van der Waals surface area contributed by atoms with Gasteiger partial charge in [-0.2, -0.15) is 0 Å². The molecular weight excluding hydrogens is 516 g/mol. The van der Waals surface area contributed by atoms with Crippen LogP contribution < -0.4 is 0 Å². The molecule has 6 aromatic heterocycles. The van der Waals surface area contributed by atoms with Gasteiger partial charge in [0.1, 0.15) is 0 Å². The highest BCUT2D eigenvalue weighted by Gasteiger charge is 2.29. The molecule has 0 atom stereocenters. The largest absolute Gasteiger partial charge is 0.264 e. The van der Waals surface area contributed by atoms with E-state index in [-0.39, 0.29) is 0 Å². The van der Waals surface area contributed by atoms with Crippen LogP contribution in [0.5, 0.6) is 0 Å². The van der Waals surface area contributed by atoms with E-state index in [1.165, 1.54) is 0 Å². The Morgan fingerprint density at radius 1 is 0.238 bits per heavy atom. The van der Waals surface area contributed by atoms with Crippen molar-refractivity contribution in [2.75, 3.05) is 0 Å². The molecule has 6 heteroatoms. The first-order chi connectivity index (χ1) is 20.9. The molecule has 42 heavy (non-hydrogen) atoms. The molecule has 0 spiro atoms. The van der Waals surface area contributed by atoms with Crippen LogP contribution in [0.2, 0.25) is 0 Å². The molecular formula is C36H24N6. The molecule has 0 bridgehead atoms. The maximum Gasteiger partial charge on any atom is 0.0346 e. The molecule has 0 saturated carbocycles. The molecule has 0 radical (unpaired) electrons. The summed E-state index contributed by atoms with van der Waals surface area (Å²) in [7, 11) is 0. The van der Waals surface area contributed by atoms with Crippen molar-refractivity contribution in [3.63, 3.8) is 0 Å². The predicted molar refractivity (Wildman–Crippen MR) is 166 cm³/mol. The third-order valence-corrected chi connectivity index (χ3v) is 7.20. The first kappa shape index (κ1) is 25.1. The first-order valence-corrected chi connectivity index (χ1v) is 13.6. The molecule has 0 aliphatic rings. The molecule has 0 aliphatic heterocycles. The third kappa shape index (κ3) is 4.61. The van der Waals surface area contributed by atoms with Crippen molar-refractivity contribution in [3.8, 4) is 66.8 Å². The van der Waals surface area contributed by atoms with Crippen LogP contribution in [0.15, 0.2) is 147 Å². The Morgan fingerprint density at radius 2 is 0.405 bits per heavy atom. The predicted octanol–water partition coefficient (Wildman–Crippen LogP) is 8.06. The lowest BCUT2D eigenvalue weighted by molar-refractivity contribution is 1.30. The molecule has 1 aromatic carbocycles. The van der Waals surface area contributed by atoms with E-state index in [0.717, 1.165) is 66.8 Å². The Bertz CT molecular complexity index is 1540. The highest BCUT2D eigenvalue weighted by atomic mass is 14.7. The van der Waals surface area contributed by atoms with Crippen molar-refractivity contribution < 1.29 is 0 Å². The molecule has 0 unspecified atom stereocenters. The van der Waals surface area contributed by atoms with Gasteiger partial charge in [-0.15, -0.1) is 0 Å². The van der Waals surface area contributed by atoms with Gasteiger partial charge in [-0.3, -0.25) is 29.9 Å². The summed E-state index contributed by atoms with van der Waals surface area (Å²) < 4.78 is 0. The fourth-order valence-corrected chi connectivity index (χ4v) is 5.55. The lowest BCUT2D eigenvalue weighted by Gasteiger charge is -2.28. The van der Waals surface area contributed by atoms with Crippen LogP contribution in [0, 0.1) is 0 Å². The zero-order chi connectivity index (χ0) is 28.1. The Kier molecular flexibility index (Phi) is 6.76. The smallest absolute Gasteiger partial charge is 0.0346 e. The van der Waals surface area contributed by atoms with Gasteiger partial charge in [0.15, 0.2) is 0 Å². The monoisotopic (exact) mass is 540 g/mol. The van der Waals surface area contributed by atoms with Crippen LogP contribution in [0.25, 0.3) is 66.8 Å². The van der Waals surface area contributed by atoms with Crippen molar-refractivity contribution in [3.05, 3.63) is 147 Å². The van der Waals surface area contributed by atoms with E-state index in [0.29, 0.717) is 0 Å². The SMILES string of the molecule is c1cncc(-c2c(-c3cccnc3)c(-c3cccnc3)c(-c3cccnc3)c(-c3cccnc3)c2-c2cccnc2)c1. The minimum atomic E-state index is 0.975. The second-order valence-corrected chi connectivity index (χ2v) is 9.70. The number of aromatic nitrogens is 6. The molecule has 7 rings (SSSR count). The standard InChI is InChI=1S/C36H24N6/c1-7-25(19-37-13-1)31-32(26-8-2-14-38-20-26)34(28-10-4-16-40-22-28)36(30-12-6-18-42-24-30)35(29-11-5-17-41-23-29)33(31)27-9-3-15-39-21-27/h1-24H. The van der Waals surface area contributed by atoms with Crippen LogP contribution in [-0.4, -0.2) is 29.9 Å². The minimum Gasteiger partial charge on any atom is -0.264 e. The highest BCUT2D eigenvalue weighted by Crippen LogP contribution is 2.55. The summed E-state index contributed by atoms with van der Waals surface area (Å²) in [5.74, 6) is 0. The summed E-state index contributed by atoms with van der Waals surface area (Å²) in [5, 5.41) is 0. The molecule has 0 N–H and O–H groups in total. The minimum absolute atomic E-state index is 0.975. The Hall–Kier alpha value is -5.88. The van der Waals surface area contributed by atoms with Gasteiger partial charge in [0.05, 0.1) is 0 Å². The Morgan fingerprint density at radius 3 is 0.524 bits per heavy atom. The summed E-state index contributed by atoms with van der Waals surface area (Å²) in [5.41, 5.74) is 12.0. The Labute approximate surface area is 243 Å². The molecule has 0 aliphatic carbocycles. The Balaban J connectivity index is 1.81. The van der Waals surface area contributed by atoms with E-state index in [1.54, 1.807) is 37.2 Å². The molecule has 0 amide bonds. The van der Waals surface area contributed by atoms with Crippen LogP contribution in [0.1, 0.15) is 0 Å². The summed E-state index contributed by atoms with van der Waals surface area (Å²) in [6, 6.07) is 24.4. The molecule has 6 nitrogen and oxygen atoms in total. The zero-order valence-electron chi connectivity index (χ0n) is 22.5. The fraction of sp³-hybridized carbons (Fsp3) is 0. The van der Waals surface area contributed by atoms with Crippen LogP contribution in [0.4, 0.5) is 0 Å². The number of nitrogens with zero attached hydrogens (tertiary/aromatic N) is 6. The molecule has 0 saturated heterocycles. The van der Waals surface area contributed by atoms with Gasteiger partial charge in [-0.05, 0) is 36.4 Å². The topological polar surface area (TPSA) is 77.3 Å². The second kappa shape index (κ2) is 11.3. The third-order valence-electron chi connectivity index (χ3n) is 7.20. The lowest BCUT2D eigenvalue weighted by Crippen LogP contribution is -2.03. The van der Waals surface area contributed by atoms with E-state index in [1.807, 2.05) is 73.6 Å². The van der Waals surface area contributed by atoms with E-state index in [9.17, 15) is 0 Å². The van der Waals surface area contributed by atoms with Gasteiger partial charge in [0.25, 0.3) is 0 Å². The zero-order valence-corrected chi connectivity index (χ0v) is 22.5. The van der Waals surface area contributed by atoms with Crippen molar-refractivity contribution >= 4 is 0 Å². The molecule has 6 heterocycles. The highest BCUT2D eigenvalue weighted by molar-refractivity contribution is 6.14. The molecule has 0 fully saturated rings. The average molecular weight is 541 g/mol. The van der Waals surface area contributed by atoms with Crippen molar-refractivity contribution in [2.45, 2.75) is 0 Å². The van der Waals surface area contributed by atoms with Gasteiger partial charge in [0, 0.05) is 141 Å². The first-order valence-electron chi connectivity index (χ1n) is 13.6. The van der Waals surface area contributed by atoms with Gasteiger partial charge in [-0.1, -0.05) is 36.4 Å². The van der Waals surface area contributed by atoms with Gasteiger partial charge in [0.2, 0.25) is 0 Å². The van der Waals surface area contributed by atoms with Crippen LogP contribution in [0.3, 0.4) is 0 Å². The van der Waals surface area contributed by atoms with E-state index in [2.05, 4.69) is 66.3 Å². The molecule has 198 valence electrons.